The molecular weight excluding hydrogens is 276 g/mol. The highest BCUT2D eigenvalue weighted by atomic mass is 16.6. The minimum absolute atomic E-state index is 0.0935. The van der Waals surface area contributed by atoms with E-state index in [1.807, 2.05) is 0 Å². The van der Waals surface area contributed by atoms with E-state index in [9.17, 15) is 10.1 Å². The van der Waals surface area contributed by atoms with Gasteiger partial charge in [-0.1, -0.05) is 0 Å². The lowest BCUT2D eigenvalue weighted by atomic mass is 10.2. The first-order valence-electron chi connectivity index (χ1n) is 5.92. The number of hydrazine groups is 1. The van der Waals surface area contributed by atoms with E-state index in [4.69, 9.17) is 10.6 Å². The Morgan fingerprint density at radius 2 is 2.05 bits per heavy atom. The molecule has 0 fully saturated rings. The molecule has 0 saturated heterocycles. The van der Waals surface area contributed by atoms with Crippen LogP contribution in [0.1, 0.15) is 0 Å². The number of nitrogens with zero attached hydrogens (tertiary/aromatic N) is 4. The molecule has 1 heterocycles. The van der Waals surface area contributed by atoms with Gasteiger partial charge in [0.1, 0.15) is 11.9 Å². The molecule has 0 atom stereocenters. The highest BCUT2D eigenvalue weighted by Crippen LogP contribution is 2.31. The number of nitrogens with one attached hydrogen (secondary N) is 1. The number of nitro groups is 1. The molecule has 21 heavy (non-hydrogen) atoms. The monoisotopic (exact) mass is 290 g/mol. The van der Waals surface area contributed by atoms with Crippen molar-refractivity contribution in [3.8, 4) is 5.75 Å². The Balaban J connectivity index is 2.44. The van der Waals surface area contributed by atoms with E-state index in [1.54, 1.807) is 43.3 Å². The zero-order valence-corrected chi connectivity index (χ0v) is 11.5. The molecular formula is C12H14N6O3. The van der Waals surface area contributed by atoms with Crippen molar-refractivity contribution in [1.82, 2.24) is 9.97 Å². The molecule has 0 radical (unpaired) electrons. The van der Waals surface area contributed by atoms with Crippen molar-refractivity contribution >= 4 is 23.1 Å². The molecule has 0 aliphatic carbocycles. The number of methoxy groups -OCH3 is 1. The van der Waals surface area contributed by atoms with E-state index in [2.05, 4.69) is 15.4 Å². The van der Waals surface area contributed by atoms with Gasteiger partial charge in [-0.3, -0.25) is 15.5 Å². The van der Waals surface area contributed by atoms with Crippen LogP contribution in [0.5, 0.6) is 5.75 Å². The maximum absolute atomic E-state index is 11.1. The van der Waals surface area contributed by atoms with Gasteiger partial charge in [-0.25, -0.2) is 10.8 Å². The van der Waals surface area contributed by atoms with Gasteiger partial charge in [0, 0.05) is 12.7 Å². The van der Waals surface area contributed by atoms with E-state index in [1.165, 1.54) is 0 Å². The smallest absolute Gasteiger partial charge is 0.330 e. The minimum atomic E-state index is -0.546. The Hall–Kier alpha value is -2.94. The zero-order valence-electron chi connectivity index (χ0n) is 11.5. The van der Waals surface area contributed by atoms with E-state index < -0.39 is 4.92 Å². The first kappa shape index (κ1) is 14.5. The predicted octanol–water partition coefficient (Wildman–Crippen LogP) is 1.45. The van der Waals surface area contributed by atoms with Crippen LogP contribution in [0.4, 0.5) is 23.1 Å². The molecule has 2 rings (SSSR count). The van der Waals surface area contributed by atoms with Crippen molar-refractivity contribution in [3.63, 3.8) is 0 Å². The van der Waals surface area contributed by atoms with E-state index >= 15 is 0 Å². The fraction of sp³-hybridized carbons (Fsp3) is 0.167. The molecule has 0 amide bonds. The summed E-state index contributed by atoms with van der Waals surface area (Å²) in [5.41, 5.74) is 2.76. The number of nitrogens with two attached hydrogens (primary N) is 1. The second-order valence-electron chi connectivity index (χ2n) is 4.06. The van der Waals surface area contributed by atoms with Gasteiger partial charge in [0.25, 0.3) is 0 Å². The highest BCUT2D eigenvalue weighted by molar-refractivity contribution is 5.68. The van der Waals surface area contributed by atoms with Crippen LogP contribution < -0.4 is 20.9 Å². The van der Waals surface area contributed by atoms with Gasteiger partial charge in [-0.15, -0.1) is 0 Å². The Kier molecular flexibility index (Phi) is 4.14. The maximum atomic E-state index is 11.1. The van der Waals surface area contributed by atoms with Gasteiger partial charge in [0.05, 0.1) is 12.0 Å². The van der Waals surface area contributed by atoms with Crippen LogP contribution >= 0.6 is 0 Å². The summed E-state index contributed by atoms with van der Waals surface area (Å²) in [5, 5.41) is 11.1. The SMILES string of the molecule is COc1ccc(N(C)c2nc(NN)ncc2[N+](=O)[O-])cc1. The number of hydrogen-bond donors (Lipinski definition) is 2. The lowest BCUT2D eigenvalue weighted by Gasteiger charge is -2.18. The Morgan fingerprint density at radius 1 is 1.38 bits per heavy atom. The van der Waals surface area contributed by atoms with Crippen LogP contribution in [-0.4, -0.2) is 29.0 Å². The summed E-state index contributed by atoms with van der Waals surface area (Å²) in [7, 11) is 3.23. The van der Waals surface area contributed by atoms with Gasteiger partial charge < -0.3 is 9.64 Å². The molecule has 0 saturated carbocycles. The summed E-state index contributed by atoms with van der Waals surface area (Å²) >= 11 is 0. The van der Waals surface area contributed by atoms with Crippen LogP contribution in [-0.2, 0) is 0 Å². The third kappa shape index (κ3) is 2.98. The van der Waals surface area contributed by atoms with Gasteiger partial charge >= 0.3 is 5.69 Å². The second-order valence-corrected chi connectivity index (χ2v) is 4.06. The molecule has 0 aliphatic heterocycles. The number of aromatic nitrogens is 2. The molecule has 9 nitrogen and oxygen atoms in total. The van der Waals surface area contributed by atoms with Crippen molar-refractivity contribution in [2.24, 2.45) is 5.84 Å². The average Bonchev–Trinajstić information content (AvgIpc) is 2.53. The summed E-state index contributed by atoms with van der Waals surface area (Å²) in [5.74, 6) is 6.16. The topological polar surface area (TPSA) is 119 Å². The fourth-order valence-electron chi connectivity index (χ4n) is 1.74. The van der Waals surface area contributed by atoms with Gasteiger partial charge in [-0.2, -0.15) is 4.98 Å². The van der Waals surface area contributed by atoms with E-state index in [0.29, 0.717) is 11.4 Å². The fourth-order valence-corrected chi connectivity index (χ4v) is 1.74. The van der Waals surface area contributed by atoms with Gasteiger partial charge in [0.15, 0.2) is 0 Å². The summed E-state index contributed by atoms with van der Waals surface area (Å²) in [6.07, 6.45) is 1.11. The summed E-state index contributed by atoms with van der Waals surface area (Å²) in [6, 6.07) is 7.03. The molecule has 0 aliphatic rings. The average molecular weight is 290 g/mol. The Morgan fingerprint density at radius 3 is 2.57 bits per heavy atom. The molecule has 9 heteroatoms. The summed E-state index contributed by atoms with van der Waals surface area (Å²) in [4.78, 5) is 19.9. The third-order valence-electron chi connectivity index (χ3n) is 2.85. The maximum Gasteiger partial charge on any atom is 0.330 e. The number of anilines is 3. The van der Waals surface area contributed by atoms with Gasteiger partial charge in [-0.05, 0) is 24.3 Å². The molecule has 0 unspecified atom stereocenters. The van der Waals surface area contributed by atoms with Crippen LogP contribution in [0.15, 0.2) is 30.5 Å². The van der Waals surface area contributed by atoms with Gasteiger partial charge in [0.2, 0.25) is 11.8 Å². The lowest BCUT2D eigenvalue weighted by Crippen LogP contribution is -2.17. The quantitative estimate of drug-likeness (QED) is 0.482. The molecule has 110 valence electrons. The van der Waals surface area contributed by atoms with E-state index in [-0.39, 0.29) is 17.5 Å². The molecule has 2 aromatic rings. The first-order chi connectivity index (χ1) is 10.1. The van der Waals surface area contributed by atoms with Crippen LogP contribution in [0.3, 0.4) is 0 Å². The number of rotatable bonds is 5. The molecule has 0 spiro atoms. The van der Waals surface area contributed by atoms with E-state index in [0.717, 1.165) is 6.20 Å². The van der Waals surface area contributed by atoms with Crippen molar-refractivity contribution in [3.05, 3.63) is 40.6 Å². The predicted molar refractivity (Wildman–Crippen MR) is 77.6 cm³/mol. The van der Waals surface area contributed by atoms with Crippen molar-refractivity contribution in [2.45, 2.75) is 0 Å². The Bertz CT molecular complexity index is 646. The minimum Gasteiger partial charge on any atom is -0.497 e. The van der Waals surface area contributed by atoms with Crippen molar-refractivity contribution < 1.29 is 9.66 Å². The lowest BCUT2D eigenvalue weighted by molar-refractivity contribution is -0.384. The molecule has 1 aromatic carbocycles. The van der Waals surface area contributed by atoms with Crippen molar-refractivity contribution in [2.75, 3.05) is 24.5 Å². The first-order valence-corrected chi connectivity index (χ1v) is 5.92. The number of nitrogen functional groups attached to an aromatic ring is 1. The number of benzene rings is 1. The second kappa shape index (κ2) is 6.01. The third-order valence-corrected chi connectivity index (χ3v) is 2.85. The van der Waals surface area contributed by atoms with Crippen molar-refractivity contribution in [1.29, 1.82) is 0 Å². The summed E-state index contributed by atoms with van der Waals surface area (Å²) < 4.78 is 5.07. The van der Waals surface area contributed by atoms with Crippen LogP contribution in [0, 0.1) is 10.1 Å². The highest BCUT2D eigenvalue weighted by Gasteiger charge is 2.21. The van der Waals surface area contributed by atoms with Crippen LogP contribution in [0.2, 0.25) is 0 Å². The zero-order chi connectivity index (χ0) is 15.4. The molecule has 3 N–H and O–H groups in total. The largest absolute Gasteiger partial charge is 0.497 e. The normalized spacial score (nSPS) is 10.0. The summed E-state index contributed by atoms with van der Waals surface area (Å²) in [6.45, 7) is 0. The van der Waals surface area contributed by atoms with Crippen LogP contribution in [0.25, 0.3) is 0 Å². The number of hydrogen-bond acceptors (Lipinski definition) is 8. The standard InChI is InChI=1S/C12H14N6O3/c1-17(8-3-5-9(21-2)6-4-8)11-10(18(19)20)7-14-12(15-11)16-13/h3-7H,13H2,1-2H3,(H,14,15,16). The molecule has 1 aromatic heterocycles. The molecule has 0 bridgehead atoms. The number of ether oxygens (including phenoxy) is 1. The Labute approximate surface area is 120 Å².